The lowest BCUT2D eigenvalue weighted by Crippen LogP contribution is -2.36. The highest BCUT2D eigenvalue weighted by atomic mass is 35.5. The number of halogens is 2. The average Bonchev–Trinajstić information content (AvgIpc) is 2.37. The molecule has 106 valence electrons. The lowest BCUT2D eigenvalue weighted by atomic mass is 9.94. The predicted octanol–water partition coefficient (Wildman–Crippen LogP) is 4.12. The monoisotopic (exact) mass is 309 g/mol. The van der Waals surface area contributed by atoms with Crippen molar-refractivity contribution in [2.75, 3.05) is 0 Å². The largest absolute Gasteiger partial charge is 0.302 e. The van der Waals surface area contributed by atoms with Gasteiger partial charge in [-0.2, -0.15) is 0 Å². The number of hydrogen-bond acceptors (Lipinski definition) is 3. The minimum absolute atomic E-state index is 0.359. The van der Waals surface area contributed by atoms with E-state index in [1.165, 1.54) is 0 Å². The summed E-state index contributed by atoms with van der Waals surface area (Å²) in [6, 6.07) is 5.53. The number of aryl methyl sites for hydroxylation is 1. The van der Waals surface area contributed by atoms with E-state index in [-0.39, 0.29) is 5.54 Å². The summed E-state index contributed by atoms with van der Waals surface area (Å²) < 4.78 is 0. The van der Waals surface area contributed by atoms with E-state index in [0.717, 1.165) is 17.0 Å². The molecular weight excluding hydrogens is 293 g/mol. The summed E-state index contributed by atoms with van der Waals surface area (Å²) in [5.41, 5.74) is 2.32. The Morgan fingerprint density at radius 2 is 1.75 bits per heavy atom. The fourth-order valence-electron chi connectivity index (χ4n) is 2.01. The van der Waals surface area contributed by atoms with E-state index in [1.807, 2.05) is 39.0 Å². The van der Waals surface area contributed by atoms with Crippen molar-refractivity contribution >= 4 is 23.2 Å². The molecule has 0 atom stereocenters. The molecular formula is C15H17Cl2N3. The first-order chi connectivity index (χ1) is 9.40. The summed E-state index contributed by atoms with van der Waals surface area (Å²) in [7, 11) is 0. The van der Waals surface area contributed by atoms with E-state index in [9.17, 15) is 0 Å². The summed E-state index contributed by atoms with van der Waals surface area (Å²) in [6.07, 6.45) is 3.53. The van der Waals surface area contributed by atoms with Gasteiger partial charge in [0.1, 0.15) is 0 Å². The van der Waals surface area contributed by atoms with Crippen molar-refractivity contribution in [1.29, 1.82) is 0 Å². The van der Waals surface area contributed by atoms with Crippen molar-refractivity contribution in [1.82, 2.24) is 15.3 Å². The first kappa shape index (κ1) is 15.2. The quantitative estimate of drug-likeness (QED) is 0.923. The second kappa shape index (κ2) is 6.08. The molecule has 0 amide bonds. The Kier molecular flexibility index (Phi) is 4.63. The van der Waals surface area contributed by atoms with Crippen LogP contribution in [0.2, 0.25) is 10.0 Å². The second-order valence-electron chi connectivity index (χ2n) is 5.22. The molecule has 20 heavy (non-hydrogen) atoms. The molecule has 0 fully saturated rings. The number of benzene rings is 1. The Labute approximate surface area is 129 Å². The molecule has 1 aromatic heterocycles. The first-order valence-corrected chi connectivity index (χ1v) is 7.13. The zero-order valence-electron chi connectivity index (χ0n) is 11.7. The van der Waals surface area contributed by atoms with E-state index in [2.05, 4.69) is 15.3 Å². The van der Waals surface area contributed by atoms with Crippen LogP contribution in [-0.2, 0) is 12.1 Å². The summed E-state index contributed by atoms with van der Waals surface area (Å²) in [6.45, 7) is 6.60. The van der Waals surface area contributed by atoms with Crippen LogP contribution in [-0.4, -0.2) is 9.97 Å². The number of hydrogen-bond donors (Lipinski definition) is 1. The molecule has 0 aliphatic rings. The van der Waals surface area contributed by atoms with Gasteiger partial charge in [-0.05, 0) is 32.9 Å². The predicted molar refractivity (Wildman–Crippen MR) is 83.1 cm³/mol. The topological polar surface area (TPSA) is 37.8 Å². The van der Waals surface area contributed by atoms with Crippen molar-refractivity contribution in [3.05, 3.63) is 57.6 Å². The van der Waals surface area contributed by atoms with E-state index in [1.54, 1.807) is 12.4 Å². The van der Waals surface area contributed by atoms with Crippen LogP contribution in [0.5, 0.6) is 0 Å². The molecule has 3 nitrogen and oxygen atoms in total. The Morgan fingerprint density at radius 3 is 2.30 bits per heavy atom. The minimum Gasteiger partial charge on any atom is -0.302 e. The highest BCUT2D eigenvalue weighted by Gasteiger charge is 2.25. The normalized spacial score (nSPS) is 11.7. The van der Waals surface area contributed by atoms with Crippen LogP contribution >= 0.6 is 23.2 Å². The van der Waals surface area contributed by atoms with Crippen molar-refractivity contribution in [2.24, 2.45) is 0 Å². The fourth-order valence-corrected chi connectivity index (χ4v) is 2.88. The molecule has 2 aromatic rings. The molecule has 0 aliphatic heterocycles. The first-order valence-electron chi connectivity index (χ1n) is 6.37. The number of nitrogens with zero attached hydrogens (tertiary/aromatic N) is 2. The molecule has 5 heteroatoms. The van der Waals surface area contributed by atoms with Gasteiger partial charge in [0.25, 0.3) is 0 Å². The van der Waals surface area contributed by atoms with Crippen molar-refractivity contribution in [3.63, 3.8) is 0 Å². The second-order valence-corrected chi connectivity index (χ2v) is 6.04. The Morgan fingerprint density at radius 1 is 1.10 bits per heavy atom. The van der Waals surface area contributed by atoms with Gasteiger partial charge >= 0.3 is 0 Å². The van der Waals surface area contributed by atoms with E-state index >= 15 is 0 Å². The molecule has 0 radical (unpaired) electrons. The van der Waals surface area contributed by atoms with Gasteiger partial charge in [-0.15, -0.1) is 0 Å². The molecule has 0 spiro atoms. The summed E-state index contributed by atoms with van der Waals surface area (Å²) >= 11 is 12.5. The van der Waals surface area contributed by atoms with Gasteiger partial charge in [0.2, 0.25) is 0 Å². The molecule has 0 saturated carbocycles. The molecule has 1 heterocycles. The molecule has 0 bridgehead atoms. The minimum atomic E-state index is -0.359. The summed E-state index contributed by atoms with van der Waals surface area (Å²) in [5.74, 6) is 0. The molecule has 0 unspecified atom stereocenters. The average molecular weight is 310 g/mol. The standard InChI is InChI=1S/C15H17Cl2N3/c1-10-7-19-11(8-18-10)9-20-15(2,3)14-12(16)5-4-6-13(14)17/h4-8,20H,9H2,1-3H3. The Balaban J connectivity index is 2.17. The van der Waals surface area contributed by atoms with Crippen LogP contribution in [0.25, 0.3) is 0 Å². The molecule has 0 aliphatic carbocycles. The van der Waals surface area contributed by atoms with E-state index in [0.29, 0.717) is 16.6 Å². The van der Waals surface area contributed by atoms with Crippen LogP contribution in [0.3, 0.4) is 0 Å². The Bertz CT molecular complexity index is 574. The van der Waals surface area contributed by atoms with Gasteiger partial charge in [-0.3, -0.25) is 9.97 Å². The third-order valence-electron chi connectivity index (χ3n) is 3.13. The smallest absolute Gasteiger partial charge is 0.0725 e. The lowest BCUT2D eigenvalue weighted by molar-refractivity contribution is 0.398. The molecule has 0 saturated heterocycles. The van der Waals surface area contributed by atoms with E-state index < -0.39 is 0 Å². The summed E-state index contributed by atoms with van der Waals surface area (Å²) in [4.78, 5) is 8.56. The van der Waals surface area contributed by atoms with Gasteiger partial charge in [-0.1, -0.05) is 29.3 Å². The van der Waals surface area contributed by atoms with Crippen molar-refractivity contribution < 1.29 is 0 Å². The maximum atomic E-state index is 6.26. The van der Waals surface area contributed by atoms with Crippen LogP contribution in [0, 0.1) is 6.92 Å². The van der Waals surface area contributed by atoms with Crippen LogP contribution in [0.4, 0.5) is 0 Å². The van der Waals surface area contributed by atoms with Crippen LogP contribution in [0.1, 0.15) is 30.8 Å². The van der Waals surface area contributed by atoms with Crippen LogP contribution < -0.4 is 5.32 Å². The number of nitrogens with one attached hydrogen (secondary N) is 1. The third-order valence-corrected chi connectivity index (χ3v) is 3.76. The maximum absolute atomic E-state index is 6.26. The van der Waals surface area contributed by atoms with Crippen molar-refractivity contribution in [2.45, 2.75) is 32.9 Å². The highest BCUT2D eigenvalue weighted by molar-refractivity contribution is 6.36. The van der Waals surface area contributed by atoms with Crippen molar-refractivity contribution in [3.8, 4) is 0 Å². The number of aromatic nitrogens is 2. The van der Waals surface area contributed by atoms with Gasteiger partial charge in [-0.25, -0.2) is 0 Å². The van der Waals surface area contributed by atoms with Gasteiger partial charge < -0.3 is 5.32 Å². The van der Waals surface area contributed by atoms with Gasteiger partial charge in [0.05, 0.1) is 11.4 Å². The molecule has 2 rings (SSSR count). The summed E-state index contributed by atoms with van der Waals surface area (Å²) in [5, 5.41) is 4.74. The highest BCUT2D eigenvalue weighted by Crippen LogP contribution is 2.34. The SMILES string of the molecule is Cc1cnc(CNC(C)(C)c2c(Cl)cccc2Cl)cn1. The zero-order valence-corrected chi connectivity index (χ0v) is 13.3. The zero-order chi connectivity index (χ0) is 14.8. The third kappa shape index (κ3) is 3.48. The molecule has 1 N–H and O–H groups in total. The maximum Gasteiger partial charge on any atom is 0.0725 e. The van der Waals surface area contributed by atoms with Gasteiger partial charge in [0, 0.05) is 40.1 Å². The van der Waals surface area contributed by atoms with E-state index in [4.69, 9.17) is 23.2 Å². The molecule has 1 aromatic carbocycles. The van der Waals surface area contributed by atoms with Crippen LogP contribution in [0.15, 0.2) is 30.6 Å². The number of rotatable bonds is 4. The fraction of sp³-hybridized carbons (Fsp3) is 0.333. The lowest BCUT2D eigenvalue weighted by Gasteiger charge is -2.28. The Hall–Kier alpha value is -1.16. The van der Waals surface area contributed by atoms with Gasteiger partial charge in [0.15, 0.2) is 0 Å².